The molecule has 0 spiro atoms. The van der Waals surface area contributed by atoms with Gasteiger partial charge in [-0.05, 0) is 55.3 Å². The Morgan fingerprint density at radius 2 is 1.72 bits per heavy atom. The highest BCUT2D eigenvalue weighted by Gasteiger charge is 2.11. The van der Waals surface area contributed by atoms with Crippen LogP contribution in [0.3, 0.4) is 0 Å². The zero-order chi connectivity index (χ0) is 22.5. The van der Waals surface area contributed by atoms with E-state index in [0.717, 1.165) is 28.7 Å². The molecule has 0 saturated heterocycles. The number of aromatic nitrogens is 1. The van der Waals surface area contributed by atoms with Gasteiger partial charge >= 0.3 is 0 Å². The Hall–Kier alpha value is -3.92. The van der Waals surface area contributed by atoms with Crippen molar-refractivity contribution >= 4 is 28.2 Å². The molecule has 2 heterocycles. The second-order valence-electron chi connectivity index (χ2n) is 7.62. The van der Waals surface area contributed by atoms with Gasteiger partial charge in [-0.1, -0.05) is 48.5 Å². The Morgan fingerprint density at radius 1 is 0.938 bits per heavy atom. The van der Waals surface area contributed by atoms with Crippen LogP contribution in [-0.2, 0) is 13.5 Å². The van der Waals surface area contributed by atoms with Crippen LogP contribution >= 0.6 is 0 Å². The lowest BCUT2D eigenvalue weighted by molar-refractivity contribution is 0.629. The van der Waals surface area contributed by atoms with Crippen molar-refractivity contribution in [1.29, 1.82) is 5.41 Å². The monoisotopic (exact) mass is 424 g/mol. The molecule has 0 amide bonds. The summed E-state index contributed by atoms with van der Waals surface area (Å²) in [4.78, 5) is 0. The molecule has 5 aromatic rings. The van der Waals surface area contributed by atoms with E-state index in [4.69, 9.17) is 9.83 Å². The number of furan rings is 1. The molecule has 1 N–H and O–H groups in total. The van der Waals surface area contributed by atoms with Gasteiger partial charge in [-0.2, -0.15) is 0 Å². The van der Waals surface area contributed by atoms with Crippen molar-refractivity contribution in [3.8, 4) is 11.3 Å². The normalized spacial score (nSPS) is 11.1. The lowest BCUT2D eigenvalue weighted by atomic mass is 10.0. The average Bonchev–Trinajstić information content (AvgIpc) is 3.39. The summed E-state index contributed by atoms with van der Waals surface area (Å²) in [6.45, 7) is 2.10. The molecule has 0 atom stereocenters. The Balaban J connectivity index is 0.000000165. The van der Waals surface area contributed by atoms with Gasteiger partial charge in [0.2, 0.25) is 0 Å². The predicted molar refractivity (Wildman–Crippen MR) is 131 cm³/mol. The Morgan fingerprint density at radius 3 is 2.47 bits per heavy atom. The second kappa shape index (κ2) is 9.48. The van der Waals surface area contributed by atoms with Gasteiger partial charge in [0.05, 0.1) is 5.69 Å². The molecule has 0 saturated carbocycles. The van der Waals surface area contributed by atoms with Crippen molar-refractivity contribution in [2.45, 2.75) is 13.3 Å². The summed E-state index contributed by atoms with van der Waals surface area (Å²) in [6.07, 6.45) is 7.73. The highest BCUT2D eigenvalue weighted by molar-refractivity contribution is 6.06. The van der Waals surface area contributed by atoms with Crippen molar-refractivity contribution in [2.75, 3.05) is 0 Å². The van der Waals surface area contributed by atoms with Crippen LogP contribution in [0.5, 0.6) is 0 Å². The molecule has 160 valence electrons. The van der Waals surface area contributed by atoms with Gasteiger partial charge in [0, 0.05) is 41.4 Å². The molecule has 0 radical (unpaired) electrons. The zero-order valence-electron chi connectivity index (χ0n) is 18.2. The number of hydrogen-bond donors (Lipinski definition) is 1. The maximum Gasteiger partial charge on any atom is 0.139 e. The van der Waals surface area contributed by atoms with Crippen LogP contribution in [0.25, 0.3) is 33.2 Å². The van der Waals surface area contributed by atoms with E-state index in [0.29, 0.717) is 5.56 Å². The maximum absolute atomic E-state index is 13.3. The van der Waals surface area contributed by atoms with Crippen LogP contribution < -0.4 is 0 Å². The van der Waals surface area contributed by atoms with Gasteiger partial charge in [-0.25, -0.2) is 4.39 Å². The van der Waals surface area contributed by atoms with Gasteiger partial charge < -0.3 is 14.4 Å². The minimum absolute atomic E-state index is 0.177. The van der Waals surface area contributed by atoms with E-state index in [2.05, 4.69) is 25.1 Å². The summed E-state index contributed by atoms with van der Waals surface area (Å²) in [5, 5.41) is 9.37. The maximum atomic E-state index is 13.3. The first-order valence-corrected chi connectivity index (χ1v) is 10.5. The first-order valence-electron chi connectivity index (χ1n) is 10.5. The molecule has 0 unspecified atom stereocenters. The Bertz CT molecular complexity index is 1410. The summed E-state index contributed by atoms with van der Waals surface area (Å²) >= 11 is 0. The molecule has 5 rings (SSSR count). The molecular formula is C28H25FN2O. The number of benzene rings is 3. The lowest BCUT2D eigenvalue weighted by Crippen LogP contribution is -1.91. The first kappa shape index (κ1) is 21.3. The van der Waals surface area contributed by atoms with Gasteiger partial charge in [0.25, 0.3) is 0 Å². The fourth-order valence-electron chi connectivity index (χ4n) is 3.86. The van der Waals surface area contributed by atoms with Crippen LogP contribution in [0, 0.1) is 18.2 Å². The summed E-state index contributed by atoms with van der Waals surface area (Å²) in [7, 11) is 1.90. The molecule has 3 nitrogen and oxygen atoms in total. The number of aryl methyl sites for hydroxylation is 2. The van der Waals surface area contributed by atoms with E-state index in [1.54, 1.807) is 18.2 Å². The number of allylic oxidation sites excluding steroid dienone is 2. The fourth-order valence-corrected chi connectivity index (χ4v) is 3.86. The first-order chi connectivity index (χ1) is 15.6. The van der Waals surface area contributed by atoms with Crippen LogP contribution in [0.1, 0.15) is 11.1 Å². The van der Waals surface area contributed by atoms with Crippen LogP contribution in [0.4, 0.5) is 4.39 Å². The van der Waals surface area contributed by atoms with E-state index in [9.17, 15) is 4.39 Å². The van der Waals surface area contributed by atoms with Crippen LogP contribution in [0.15, 0.2) is 95.6 Å². The number of halogens is 1. The third kappa shape index (κ3) is 4.26. The zero-order valence-corrected chi connectivity index (χ0v) is 18.2. The van der Waals surface area contributed by atoms with Crippen molar-refractivity contribution in [3.05, 3.63) is 108 Å². The second-order valence-corrected chi connectivity index (χ2v) is 7.62. The topological polar surface area (TPSA) is 41.9 Å². The number of nitrogens with one attached hydrogen (secondary N) is 1. The summed E-state index contributed by atoms with van der Waals surface area (Å²) in [5.41, 5.74) is 5.87. The number of para-hydroxylation sites is 1. The molecule has 4 heteroatoms. The smallest absolute Gasteiger partial charge is 0.139 e. The van der Waals surface area contributed by atoms with E-state index in [1.807, 2.05) is 60.3 Å². The number of nitrogens with zero attached hydrogens (tertiary/aromatic N) is 1. The summed E-state index contributed by atoms with van der Waals surface area (Å²) in [6, 6.07) is 23.0. The third-order valence-electron chi connectivity index (χ3n) is 5.53. The van der Waals surface area contributed by atoms with Crippen molar-refractivity contribution in [1.82, 2.24) is 4.57 Å². The van der Waals surface area contributed by atoms with Crippen molar-refractivity contribution < 1.29 is 8.81 Å². The fraction of sp³-hybridized carbons (Fsp3) is 0.107. The van der Waals surface area contributed by atoms with E-state index >= 15 is 0 Å². The van der Waals surface area contributed by atoms with Crippen LogP contribution in [0.2, 0.25) is 0 Å². The minimum Gasteiger partial charge on any atom is -0.456 e. The molecule has 0 aliphatic rings. The average molecular weight is 425 g/mol. The van der Waals surface area contributed by atoms with E-state index in [1.165, 1.54) is 28.8 Å². The quantitative estimate of drug-likeness (QED) is 0.299. The Kier molecular flexibility index (Phi) is 6.31. The summed E-state index contributed by atoms with van der Waals surface area (Å²) < 4.78 is 21.2. The number of fused-ring (bicyclic) bond motifs is 3. The molecule has 32 heavy (non-hydrogen) atoms. The molecule has 3 aromatic carbocycles. The predicted octanol–water partition coefficient (Wildman–Crippen LogP) is 7.47. The van der Waals surface area contributed by atoms with Gasteiger partial charge in [0.1, 0.15) is 17.0 Å². The molecular weight excluding hydrogens is 399 g/mol. The molecule has 0 bridgehead atoms. The lowest BCUT2D eigenvalue weighted by Gasteiger charge is -2.03. The van der Waals surface area contributed by atoms with E-state index in [-0.39, 0.29) is 5.82 Å². The van der Waals surface area contributed by atoms with Gasteiger partial charge in [-0.3, -0.25) is 0 Å². The SMILES string of the molecule is Cc1ccc2c(oc3ccccc32)c1C/C=C\C=N.Cn1cccc1-c1ccccc1F. The largest absolute Gasteiger partial charge is 0.456 e. The highest BCUT2D eigenvalue weighted by Crippen LogP contribution is 2.32. The highest BCUT2D eigenvalue weighted by atomic mass is 19.1. The molecule has 0 aliphatic carbocycles. The Labute approximate surface area is 186 Å². The minimum atomic E-state index is -0.177. The van der Waals surface area contributed by atoms with Crippen molar-refractivity contribution in [2.24, 2.45) is 7.05 Å². The molecule has 2 aromatic heterocycles. The number of rotatable bonds is 4. The van der Waals surface area contributed by atoms with Crippen molar-refractivity contribution in [3.63, 3.8) is 0 Å². The van der Waals surface area contributed by atoms with Crippen LogP contribution in [-0.4, -0.2) is 10.8 Å². The third-order valence-corrected chi connectivity index (χ3v) is 5.53. The summed E-state index contributed by atoms with van der Waals surface area (Å²) in [5.74, 6) is -0.177. The van der Waals surface area contributed by atoms with Gasteiger partial charge in [-0.15, -0.1) is 0 Å². The number of hydrogen-bond acceptors (Lipinski definition) is 2. The molecule has 0 fully saturated rings. The van der Waals surface area contributed by atoms with Gasteiger partial charge in [0.15, 0.2) is 0 Å². The standard InChI is InChI=1S/C17H15NO.C11H10FN/c1-12-9-10-15-14-7-2-3-8-16(14)19-17(15)13(12)6-4-5-11-18;1-13-8-4-7-11(13)9-5-2-3-6-10(9)12/h2-5,7-11,18H,6H2,1H3;2-8H,1H3/b5-4-,18-11?;. The molecule has 0 aliphatic heterocycles. The van der Waals surface area contributed by atoms with E-state index < -0.39 is 0 Å².